The molecule has 1 aromatic rings. The molecule has 2 N–H and O–H groups in total. The summed E-state index contributed by atoms with van der Waals surface area (Å²) in [6.45, 7) is 0.530. The number of nitrogens with one attached hydrogen (secondary N) is 1. The summed E-state index contributed by atoms with van der Waals surface area (Å²) in [5, 5.41) is 11.6. The molecule has 2 rings (SSSR count). The van der Waals surface area contributed by atoms with Gasteiger partial charge in [-0.3, -0.25) is 4.79 Å². The van der Waals surface area contributed by atoms with Crippen molar-refractivity contribution < 1.29 is 19.1 Å². The van der Waals surface area contributed by atoms with Gasteiger partial charge in [-0.25, -0.2) is 9.18 Å². The Morgan fingerprint density at radius 3 is 2.86 bits per heavy atom. The molecule has 0 aliphatic carbocycles. The summed E-state index contributed by atoms with van der Waals surface area (Å²) in [6.07, 6.45) is 2.40. The molecule has 0 radical (unpaired) electrons. The topological polar surface area (TPSA) is 69.6 Å². The minimum atomic E-state index is -0.914. The van der Waals surface area contributed by atoms with Crippen LogP contribution in [0.3, 0.4) is 0 Å². The highest BCUT2D eigenvalue weighted by Gasteiger charge is 2.28. The first-order valence-corrected chi connectivity index (χ1v) is 7.51. The van der Waals surface area contributed by atoms with Gasteiger partial charge < -0.3 is 15.3 Å². The molecular formula is C14H16BrFN2O3. The summed E-state index contributed by atoms with van der Waals surface area (Å²) in [4.78, 5) is 24.7. The van der Waals surface area contributed by atoms with Gasteiger partial charge in [0.25, 0.3) is 0 Å². The van der Waals surface area contributed by atoms with Gasteiger partial charge in [-0.05, 0) is 53.4 Å². The minimum absolute atomic E-state index is 0.0575. The lowest BCUT2D eigenvalue weighted by molar-refractivity contribution is -0.138. The van der Waals surface area contributed by atoms with Gasteiger partial charge in [-0.2, -0.15) is 0 Å². The van der Waals surface area contributed by atoms with Crippen molar-refractivity contribution >= 4 is 33.6 Å². The molecule has 7 heteroatoms. The number of aliphatic carboxylic acids is 1. The van der Waals surface area contributed by atoms with Crippen LogP contribution in [0.25, 0.3) is 0 Å². The fourth-order valence-electron chi connectivity index (χ4n) is 2.46. The smallest absolute Gasteiger partial charge is 0.322 e. The Balaban J connectivity index is 2.08. The van der Waals surface area contributed by atoms with Gasteiger partial charge in [-0.1, -0.05) is 0 Å². The molecule has 1 fully saturated rings. The van der Waals surface area contributed by atoms with Crippen LogP contribution in [-0.4, -0.2) is 34.6 Å². The number of carbonyl (C=O) groups excluding carboxylic acids is 1. The fraction of sp³-hybridized carbons (Fsp3) is 0.429. The molecule has 1 unspecified atom stereocenters. The van der Waals surface area contributed by atoms with Gasteiger partial charge in [0.2, 0.25) is 0 Å². The average Bonchev–Trinajstić information content (AvgIpc) is 2.42. The third kappa shape index (κ3) is 4.17. The summed E-state index contributed by atoms with van der Waals surface area (Å²) in [7, 11) is 0. The number of urea groups is 1. The van der Waals surface area contributed by atoms with E-state index >= 15 is 0 Å². The highest BCUT2D eigenvalue weighted by molar-refractivity contribution is 9.10. The van der Waals surface area contributed by atoms with Gasteiger partial charge in [0.1, 0.15) is 5.82 Å². The van der Waals surface area contributed by atoms with E-state index in [0.717, 1.165) is 12.8 Å². The Labute approximate surface area is 130 Å². The summed E-state index contributed by atoms with van der Waals surface area (Å²) >= 11 is 3.19. The molecule has 0 spiro atoms. The van der Waals surface area contributed by atoms with Gasteiger partial charge in [0.15, 0.2) is 0 Å². The highest BCUT2D eigenvalue weighted by Crippen LogP contribution is 2.25. The van der Waals surface area contributed by atoms with Crippen LogP contribution in [0.4, 0.5) is 14.9 Å². The lowest BCUT2D eigenvalue weighted by Gasteiger charge is -2.35. The standard InChI is InChI=1S/C14H16BrFN2O3/c15-11-7-9(16)4-5-12(11)17-14(21)18-6-2-1-3-10(18)8-13(19)20/h4-5,7,10H,1-3,6,8H2,(H,17,21)(H,19,20). The van der Waals surface area contributed by atoms with E-state index < -0.39 is 11.8 Å². The van der Waals surface area contributed by atoms with Crippen molar-refractivity contribution in [3.63, 3.8) is 0 Å². The average molecular weight is 359 g/mol. The number of anilines is 1. The molecule has 0 saturated carbocycles. The van der Waals surface area contributed by atoms with Crippen LogP contribution in [0.15, 0.2) is 22.7 Å². The Kier molecular flexibility index (Phi) is 5.17. The normalized spacial score (nSPS) is 18.4. The quantitative estimate of drug-likeness (QED) is 0.869. The van der Waals surface area contributed by atoms with Crippen LogP contribution in [0.1, 0.15) is 25.7 Å². The first-order valence-electron chi connectivity index (χ1n) is 6.72. The highest BCUT2D eigenvalue weighted by atomic mass is 79.9. The number of halogens is 2. The molecule has 0 bridgehead atoms. The second-order valence-electron chi connectivity index (χ2n) is 5.00. The van der Waals surface area contributed by atoms with Crippen LogP contribution in [0.2, 0.25) is 0 Å². The zero-order chi connectivity index (χ0) is 15.4. The number of rotatable bonds is 3. The molecule has 1 aromatic carbocycles. The number of carbonyl (C=O) groups is 2. The first-order chi connectivity index (χ1) is 9.97. The van der Waals surface area contributed by atoms with Crippen LogP contribution >= 0.6 is 15.9 Å². The number of carboxylic acid groups (broad SMARTS) is 1. The molecule has 5 nitrogen and oxygen atoms in total. The van der Waals surface area contributed by atoms with E-state index in [1.165, 1.54) is 18.2 Å². The summed E-state index contributed by atoms with van der Waals surface area (Å²) in [5.41, 5.74) is 0.459. The minimum Gasteiger partial charge on any atom is -0.481 e. The Bertz CT molecular complexity index is 553. The molecule has 1 atom stereocenters. The summed E-state index contributed by atoms with van der Waals surface area (Å²) in [6, 6.07) is 3.34. The van der Waals surface area contributed by atoms with Crippen molar-refractivity contribution in [2.24, 2.45) is 0 Å². The van der Waals surface area contributed by atoms with Crippen LogP contribution < -0.4 is 5.32 Å². The predicted molar refractivity (Wildman–Crippen MR) is 79.7 cm³/mol. The molecule has 1 aliphatic heterocycles. The maximum Gasteiger partial charge on any atom is 0.322 e. The maximum absolute atomic E-state index is 13.0. The number of benzene rings is 1. The van der Waals surface area contributed by atoms with Crippen LogP contribution in [0, 0.1) is 5.82 Å². The Morgan fingerprint density at radius 1 is 1.43 bits per heavy atom. The van der Waals surface area contributed by atoms with E-state index in [-0.39, 0.29) is 18.5 Å². The molecule has 114 valence electrons. The summed E-state index contributed by atoms with van der Waals surface area (Å²) in [5.74, 6) is -1.32. The van der Waals surface area contributed by atoms with E-state index in [9.17, 15) is 14.0 Å². The van der Waals surface area contributed by atoms with E-state index in [1.807, 2.05) is 0 Å². The van der Waals surface area contributed by atoms with Crippen molar-refractivity contribution in [2.75, 3.05) is 11.9 Å². The Morgan fingerprint density at radius 2 is 2.19 bits per heavy atom. The molecule has 1 aliphatic rings. The molecule has 21 heavy (non-hydrogen) atoms. The monoisotopic (exact) mass is 358 g/mol. The molecule has 2 amide bonds. The van der Waals surface area contributed by atoms with Gasteiger partial charge in [-0.15, -0.1) is 0 Å². The van der Waals surface area contributed by atoms with E-state index in [4.69, 9.17) is 5.11 Å². The van der Waals surface area contributed by atoms with Crippen molar-refractivity contribution in [1.29, 1.82) is 0 Å². The molecule has 0 aromatic heterocycles. The first kappa shape index (κ1) is 15.8. The lowest BCUT2D eigenvalue weighted by Crippen LogP contribution is -2.46. The van der Waals surface area contributed by atoms with Gasteiger partial charge in [0.05, 0.1) is 12.1 Å². The van der Waals surface area contributed by atoms with Gasteiger partial charge in [0, 0.05) is 17.1 Å². The number of carboxylic acids is 1. The van der Waals surface area contributed by atoms with E-state index in [1.54, 1.807) is 4.90 Å². The third-order valence-corrected chi connectivity index (χ3v) is 4.13. The number of hydrogen-bond donors (Lipinski definition) is 2. The zero-order valence-corrected chi connectivity index (χ0v) is 12.9. The fourth-order valence-corrected chi connectivity index (χ4v) is 2.91. The van der Waals surface area contributed by atoms with Crippen molar-refractivity contribution in [3.8, 4) is 0 Å². The van der Waals surface area contributed by atoms with Crippen molar-refractivity contribution in [2.45, 2.75) is 31.7 Å². The molecular weight excluding hydrogens is 343 g/mol. The van der Waals surface area contributed by atoms with E-state index in [0.29, 0.717) is 23.1 Å². The van der Waals surface area contributed by atoms with Crippen molar-refractivity contribution in [1.82, 2.24) is 4.90 Å². The number of likely N-dealkylation sites (tertiary alicyclic amines) is 1. The zero-order valence-electron chi connectivity index (χ0n) is 11.3. The third-order valence-electron chi connectivity index (χ3n) is 3.47. The SMILES string of the molecule is O=C(O)CC1CCCCN1C(=O)Nc1ccc(F)cc1Br. The molecule has 1 heterocycles. The maximum atomic E-state index is 13.0. The second-order valence-corrected chi connectivity index (χ2v) is 5.85. The number of amides is 2. The Hall–Kier alpha value is -1.63. The van der Waals surface area contributed by atoms with Crippen LogP contribution in [0.5, 0.6) is 0 Å². The summed E-state index contributed by atoms with van der Waals surface area (Å²) < 4.78 is 13.5. The number of nitrogens with zero attached hydrogens (tertiary/aromatic N) is 1. The lowest BCUT2D eigenvalue weighted by atomic mass is 10.00. The van der Waals surface area contributed by atoms with Gasteiger partial charge >= 0.3 is 12.0 Å². The molecule has 1 saturated heterocycles. The second kappa shape index (κ2) is 6.89. The number of hydrogen-bond acceptors (Lipinski definition) is 2. The predicted octanol–water partition coefficient (Wildman–Crippen LogP) is 3.45. The number of piperidine rings is 1. The largest absolute Gasteiger partial charge is 0.481 e. The van der Waals surface area contributed by atoms with E-state index in [2.05, 4.69) is 21.2 Å². The van der Waals surface area contributed by atoms with Crippen molar-refractivity contribution in [3.05, 3.63) is 28.5 Å². The van der Waals surface area contributed by atoms with Crippen LogP contribution in [-0.2, 0) is 4.79 Å².